The van der Waals surface area contributed by atoms with Gasteiger partial charge in [-0.3, -0.25) is 0 Å². The normalized spacial score (nSPS) is 12.5. The van der Waals surface area contributed by atoms with Crippen molar-refractivity contribution >= 4 is 21.4 Å². The summed E-state index contributed by atoms with van der Waals surface area (Å²) in [5, 5.41) is 9.77. The highest BCUT2D eigenvalue weighted by atomic mass is 32.2. The van der Waals surface area contributed by atoms with E-state index >= 15 is 0 Å². The van der Waals surface area contributed by atoms with Crippen molar-refractivity contribution in [2.24, 2.45) is 0 Å². The molecule has 0 unspecified atom stereocenters. The molecule has 0 saturated carbocycles. The SMILES string of the molecule is CNS(=O)(=O)c1ccc(N(C)CC(C)(C)O)c(N)c1. The lowest BCUT2D eigenvalue weighted by Crippen LogP contribution is -2.36. The van der Waals surface area contributed by atoms with E-state index in [0.29, 0.717) is 17.9 Å². The van der Waals surface area contributed by atoms with E-state index in [1.807, 2.05) is 0 Å². The predicted octanol–water partition coefficient (Wildman–Crippen LogP) is 0.384. The predicted molar refractivity (Wildman–Crippen MR) is 76.7 cm³/mol. The van der Waals surface area contributed by atoms with Gasteiger partial charge in [0.15, 0.2) is 0 Å². The number of aliphatic hydroxyl groups is 1. The highest BCUT2D eigenvalue weighted by Gasteiger charge is 2.19. The van der Waals surface area contributed by atoms with E-state index in [1.54, 1.807) is 31.9 Å². The van der Waals surface area contributed by atoms with Gasteiger partial charge in [-0.05, 0) is 39.1 Å². The van der Waals surface area contributed by atoms with Crippen LogP contribution in [-0.4, -0.2) is 39.8 Å². The zero-order valence-corrected chi connectivity index (χ0v) is 12.5. The third-order valence-electron chi connectivity index (χ3n) is 2.61. The molecule has 1 aromatic carbocycles. The molecular formula is C12H21N3O3S. The number of hydrogen-bond donors (Lipinski definition) is 3. The summed E-state index contributed by atoms with van der Waals surface area (Å²) in [5.41, 5.74) is 6.04. The minimum Gasteiger partial charge on any atom is -0.397 e. The molecule has 0 atom stereocenters. The third-order valence-corrected chi connectivity index (χ3v) is 4.03. The second-order valence-corrected chi connectivity index (χ2v) is 6.98. The largest absolute Gasteiger partial charge is 0.397 e. The lowest BCUT2D eigenvalue weighted by molar-refractivity contribution is 0.0886. The molecule has 0 amide bonds. The minimum atomic E-state index is -3.50. The number of nitrogens with two attached hydrogens (primary N) is 1. The summed E-state index contributed by atoms with van der Waals surface area (Å²) in [5.74, 6) is 0. The Balaban J connectivity index is 3.08. The summed E-state index contributed by atoms with van der Waals surface area (Å²) in [7, 11) is -0.362. The zero-order valence-electron chi connectivity index (χ0n) is 11.6. The molecule has 1 aromatic rings. The van der Waals surface area contributed by atoms with Gasteiger partial charge in [0, 0.05) is 13.6 Å². The molecule has 0 aromatic heterocycles. The molecule has 6 nitrogen and oxygen atoms in total. The standard InChI is InChI=1S/C12H21N3O3S/c1-12(2,16)8-15(4)11-6-5-9(7-10(11)13)19(17,18)14-3/h5-7,14,16H,8,13H2,1-4H3. The number of sulfonamides is 1. The number of likely N-dealkylation sites (N-methyl/N-ethyl adjacent to an activating group) is 1. The Morgan fingerprint density at radius 3 is 2.42 bits per heavy atom. The Labute approximate surface area is 114 Å². The van der Waals surface area contributed by atoms with Gasteiger partial charge in [0.2, 0.25) is 10.0 Å². The maximum atomic E-state index is 11.6. The van der Waals surface area contributed by atoms with Crippen molar-refractivity contribution < 1.29 is 13.5 Å². The Morgan fingerprint density at radius 1 is 1.42 bits per heavy atom. The first kappa shape index (κ1) is 15.7. The van der Waals surface area contributed by atoms with Crippen LogP contribution >= 0.6 is 0 Å². The van der Waals surface area contributed by atoms with E-state index < -0.39 is 15.6 Å². The number of hydrogen-bond acceptors (Lipinski definition) is 5. The molecule has 108 valence electrons. The van der Waals surface area contributed by atoms with Crippen LogP contribution in [0.25, 0.3) is 0 Å². The van der Waals surface area contributed by atoms with E-state index in [4.69, 9.17) is 5.73 Å². The average Bonchev–Trinajstić information content (AvgIpc) is 2.26. The van der Waals surface area contributed by atoms with Crippen LogP contribution in [0.15, 0.2) is 23.1 Å². The van der Waals surface area contributed by atoms with Gasteiger partial charge in [-0.15, -0.1) is 0 Å². The van der Waals surface area contributed by atoms with E-state index in [2.05, 4.69) is 4.72 Å². The van der Waals surface area contributed by atoms with Crippen LogP contribution in [0.4, 0.5) is 11.4 Å². The smallest absolute Gasteiger partial charge is 0.240 e. The molecule has 0 aliphatic rings. The van der Waals surface area contributed by atoms with Crippen molar-refractivity contribution in [3.05, 3.63) is 18.2 Å². The van der Waals surface area contributed by atoms with Crippen molar-refractivity contribution in [1.29, 1.82) is 0 Å². The number of nitrogen functional groups attached to an aromatic ring is 1. The molecular weight excluding hydrogens is 266 g/mol. The van der Waals surface area contributed by atoms with Crippen LogP contribution in [0.3, 0.4) is 0 Å². The molecule has 0 radical (unpaired) electrons. The molecule has 0 aliphatic heterocycles. The lowest BCUT2D eigenvalue weighted by atomic mass is 10.1. The van der Waals surface area contributed by atoms with E-state index in [0.717, 1.165) is 0 Å². The van der Waals surface area contributed by atoms with E-state index in [-0.39, 0.29) is 4.90 Å². The van der Waals surface area contributed by atoms with Gasteiger partial charge in [-0.1, -0.05) is 0 Å². The Morgan fingerprint density at radius 2 is 2.00 bits per heavy atom. The first-order valence-corrected chi connectivity index (χ1v) is 7.32. The number of benzene rings is 1. The fourth-order valence-electron chi connectivity index (χ4n) is 1.83. The number of nitrogens with zero attached hydrogens (tertiary/aromatic N) is 1. The molecule has 0 spiro atoms. The number of rotatable bonds is 5. The molecule has 4 N–H and O–H groups in total. The van der Waals surface area contributed by atoms with Gasteiger partial charge in [0.05, 0.1) is 21.9 Å². The van der Waals surface area contributed by atoms with Crippen molar-refractivity contribution in [2.75, 3.05) is 31.3 Å². The van der Waals surface area contributed by atoms with E-state index in [1.165, 1.54) is 19.2 Å². The first-order valence-electron chi connectivity index (χ1n) is 5.83. The maximum absolute atomic E-state index is 11.6. The molecule has 1 rings (SSSR count). The molecule has 0 fully saturated rings. The average molecular weight is 287 g/mol. The highest BCUT2D eigenvalue weighted by molar-refractivity contribution is 7.89. The van der Waals surface area contributed by atoms with Gasteiger partial charge in [0.25, 0.3) is 0 Å². The van der Waals surface area contributed by atoms with Gasteiger partial charge in [-0.2, -0.15) is 0 Å². The first-order chi connectivity index (χ1) is 8.57. The number of nitrogens with one attached hydrogen (secondary N) is 1. The minimum absolute atomic E-state index is 0.118. The topological polar surface area (TPSA) is 95.7 Å². The van der Waals surface area contributed by atoms with Gasteiger partial charge < -0.3 is 15.7 Å². The third kappa shape index (κ3) is 4.09. The molecule has 0 saturated heterocycles. The molecule has 0 bridgehead atoms. The Kier molecular flexibility index (Phi) is 4.44. The monoisotopic (exact) mass is 287 g/mol. The van der Waals surface area contributed by atoms with Crippen LogP contribution < -0.4 is 15.4 Å². The zero-order chi connectivity index (χ0) is 14.8. The maximum Gasteiger partial charge on any atom is 0.240 e. The Hall–Kier alpha value is -1.31. The van der Waals surface area contributed by atoms with Crippen molar-refractivity contribution in [3.8, 4) is 0 Å². The fraction of sp³-hybridized carbons (Fsp3) is 0.500. The summed E-state index contributed by atoms with van der Waals surface area (Å²) >= 11 is 0. The summed E-state index contributed by atoms with van der Waals surface area (Å²) in [6.45, 7) is 3.77. The molecule has 7 heteroatoms. The second-order valence-electron chi connectivity index (χ2n) is 5.10. The van der Waals surface area contributed by atoms with E-state index in [9.17, 15) is 13.5 Å². The van der Waals surface area contributed by atoms with Gasteiger partial charge >= 0.3 is 0 Å². The van der Waals surface area contributed by atoms with Crippen LogP contribution in [0, 0.1) is 0 Å². The molecule has 0 aliphatic carbocycles. The van der Waals surface area contributed by atoms with Gasteiger partial charge in [-0.25, -0.2) is 13.1 Å². The molecule has 0 heterocycles. The van der Waals surface area contributed by atoms with Gasteiger partial charge in [0.1, 0.15) is 0 Å². The number of anilines is 2. The summed E-state index contributed by atoms with van der Waals surface area (Å²) in [6.07, 6.45) is 0. The summed E-state index contributed by atoms with van der Waals surface area (Å²) < 4.78 is 25.5. The summed E-state index contributed by atoms with van der Waals surface area (Å²) in [4.78, 5) is 1.90. The Bertz CT molecular complexity index is 550. The van der Waals surface area contributed by atoms with Crippen LogP contribution in [0.1, 0.15) is 13.8 Å². The quantitative estimate of drug-likeness (QED) is 0.681. The van der Waals surface area contributed by atoms with Crippen LogP contribution in [-0.2, 0) is 10.0 Å². The fourth-order valence-corrected chi connectivity index (χ4v) is 2.60. The lowest BCUT2D eigenvalue weighted by Gasteiger charge is -2.28. The summed E-state index contributed by atoms with van der Waals surface area (Å²) in [6, 6.07) is 4.52. The highest BCUT2D eigenvalue weighted by Crippen LogP contribution is 2.26. The second kappa shape index (κ2) is 5.36. The molecule has 19 heavy (non-hydrogen) atoms. The van der Waals surface area contributed by atoms with Crippen LogP contribution in [0.5, 0.6) is 0 Å². The van der Waals surface area contributed by atoms with Crippen molar-refractivity contribution in [1.82, 2.24) is 4.72 Å². The van der Waals surface area contributed by atoms with Crippen molar-refractivity contribution in [3.63, 3.8) is 0 Å². The van der Waals surface area contributed by atoms with Crippen LogP contribution in [0.2, 0.25) is 0 Å². The van der Waals surface area contributed by atoms with Crippen molar-refractivity contribution in [2.45, 2.75) is 24.3 Å².